The summed E-state index contributed by atoms with van der Waals surface area (Å²) in [5.74, 6) is -0.273. The molecule has 0 radical (unpaired) electrons. The topological polar surface area (TPSA) is 74.7 Å². The van der Waals surface area contributed by atoms with Crippen molar-refractivity contribution in [1.29, 1.82) is 0 Å². The second kappa shape index (κ2) is 12.4. The number of carbonyl (C=O) groups is 1. The minimum Gasteiger partial charge on any atom is -0.478 e. The first-order chi connectivity index (χ1) is 13.3. The number of hydrogen-bond donors (Lipinski definition) is 1. The van der Waals surface area contributed by atoms with Gasteiger partial charge in [0.1, 0.15) is 0 Å². The Hall–Kier alpha value is -1.21. The standard InChI is InChI=1S/C21H35NO4S2/c1-5-8-11-14-27-20-18(22(12-9-6-2)13-10-7-3)15-17(21(23)24)16-19(20)28(4,25)26/h15-16H,5-14H2,1-4H3,(H,23,24). The number of rotatable bonds is 14. The van der Waals surface area contributed by atoms with Crippen LogP contribution in [0.5, 0.6) is 0 Å². The molecule has 0 saturated carbocycles. The third kappa shape index (κ3) is 7.66. The van der Waals surface area contributed by atoms with Gasteiger partial charge in [0.15, 0.2) is 9.84 Å². The Morgan fingerprint density at radius 1 is 1.00 bits per heavy atom. The Morgan fingerprint density at radius 2 is 1.57 bits per heavy atom. The average Bonchev–Trinajstić information content (AvgIpc) is 2.64. The van der Waals surface area contributed by atoms with Crippen molar-refractivity contribution < 1.29 is 18.3 Å². The van der Waals surface area contributed by atoms with Crippen molar-refractivity contribution in [1.82, 2.24) is 0 Å². The van der Waals surface area contributed by atoms with E-state index in [1.807, 2.05) is 0 Å². The van der Waals surface area contributed by atoms with Crippen LogP contribution in [-0.4, -0.2) is 44.6 Å². The summed E-state index contributed by atoms with van der Waals surface area (Å²) >= 11 is 1.54. The molecule has 5 nitrogen and oxygen atoms in total. The summed E-state index contributed by atoms with van der Waals surface area (Å²) in [4.78, 5) is 14.7. The van der Waals surface area contributed by atoms with Crippen molar-refractivity contribution in [2.75, 3.05) is 30.0 Å². The highest BCUT2D eigenvalue weighted by Crippen LogP contribution is 2.38. The van der Waals surface area contributed by atoms with E-state index in [1.165, 1.54) is 6.07 Å². The van der Waals surface area contributed by atoms with Gasteiger partial charge < -0.3 is 10.0 Å². The molecule has 0 spiro atoms. The largest absolute Gasteiger partial charge is 0.478 e. The van der Waals surface area contributed by atoms with Crippen molar-refractivity contribution in [2.45, 2.75) is 75.5 Å². The van der Waals surface area contributed by atoms with E-state index >= 15 is 0 Å². The van der Waals surface area contributed by atoms with Crippen LogP contribution in [0.1, 0.15) is 76.1 Å². The molecular formula is C21H35NO4S2. The Kier molecular flexibility index (Phi) is 11.0. The first kappa shape index (κ1) is 24.8. The molecular weight excluding hydrogens is 394 g/mol. The van der Waals surface area contributed by atoms with Crippen molar-refractivity contribution >= 4 is 33.3 Å². The van der Waals surface area contributed by atoms with Crippen LogP contribution in [0.2, 0.25) is 0 Å². The fourth-order valence-electron chi connectivity index (χ4n) is 2.94. The van der Waals surface area contributed by atoms with E-state index in [0.29, 0.717) is 4.90 Å². The summed E-state index contributed by atoms with van der Waals surface area (Å²) in [6, 6.07) is 2.98. The minimum atomic E-state index is -3.54. The van der Waals surface area contributed by atoms with E-state index in [0.717, 1.165) is 75.7 Å². The van der Waals surface area contributed by atoms with Crippen molar-refractivity contribution in [2.24, 2.45) is 0 Å². The van der Waals surface area contributed by atoms with E-state index in [2.05, 4.69) is 25.7 Å². The lowest BCUT2D eigenvalue weighted by atomic mass is 10.1. The molecule has 0 aliphatic rings. The molecule has 0 bridgehead atoms. The van der Waals surface area contributed by atoms with Crippen molar-refractivity contribution in [3.8, 4) is 0 Å². The maximum Gasteiger partial charge on any atom is 0.335 e. The number of thioether (sulfide) groups is 1. The quantitative estimate of drug-likeness (QED) is 0.312. The zero-order valence-electron chi connectivity index (χ0n) is 17.7. The predicted octanol–water partition coefficient (Wildman–Crippen LogP) is 5.48. The fourth-order valence-corrected chi connectivity index (χ4v) is 5.45. The first-order valence-corrected chi connectivity index (χ1v) is 13.1. The Labute approximate surface area is 174 Å². The van der Waals surface area contributed by atoms with Gasteiger partial charge in [0.2, 0.25) is 0 Å². The number of sulfone groups is 1. The van der Waals surface area contributed by atoms with E-state index in [-0.39, 0.29) is 10.5 Å². The second-order valence-electron chi connectivity index (χ2n) is 7.15. The summed E-state index contributed by atoms with van der Waals surface area (Å²) in [7, 11) is -3.54. The number of unbranched alkanes of at least 4 members (excludes halogenated alkanes) is 4. The summed E-state index contributed by atoms with van der Waals surface area (Å²) in [5.41, 5.74) is 0.787. The number of hydrogen-bond acceptors (Lipinski definition) is 5. The molecule has 0 atom stereocenters. The number of aromatic carboxylic acids is 1. The summed E-state index contributed by atoms with van der Waals surface area (Å²) in [6.07, 6.45) is 8.38. The smallest absolute Gasteiger partial charge is 0.335 e. The van der Waals surface area contributed by atoms with Crippen LogP contribution in [0.15, 0.2) is 21.9 Å². The van der Waals surface area contributed by atoms with Gasteiger partial charge >= 0.3 is 5.97 Å². The molecule has 160 valence electrons. The first-order valence-electron chi connectivity index (χ1n) is 10.2. The monoisotopic (exact) mass is 429 g/mol. The van der Waals surface area contributed by atoms with Crippen LogP contribution in [0.4, 0.5) is 5.69 Å². The van der Waals surface area contributed by atoms with Gasteiger partial charge in [-0.3, -0.25) is 0 Å². The SMILES string of the molecule is CCCCCSc1c(N(CCCC)CCCC)cc(C(=O)O)cc1S(C)(=O)=O. The highest BCUT2D eigenvalue weighted by atomic mass is 32.2. The molecule has 1 rings (SSSR count). The number of nitrogens with zero attached hydrogens (tertiary/aromatic N) is 1. The molecule has 0 aliphatic heterocycles. The van der Waals surface area contributed by atoms with Crippen molar-refractivity contribution in [3.05, 3.63) is 17.7 Å². The lowest BCUT2D eigenvalue weighted by Gasteiger charge is -2.28. The number of carboxylic acid groups (broad SMARTS) is 1. The van der Waals surface area contributed by atoms with Gasteiger partial charge in [-0.05, 0) is 37.1 Å². The predicted molar refractivity (Wildman–Crippen MR) is 119 cm³/mol. The molecule has 7 heteroatoms. The van der Waals surface area contributed by atoms with Crippen LogP contribution >= 0.6 is 11.8 Å². The molecule has 1 N–H and O–H groups in total. The van der Waals surface area contributed by atoms with E-state index in [1.54, 1.807) is 17.8 Å². The van der Waals surface area contributed by atoms with Gasteiger partial charge in [0.05, 0.1) is 16.1 Å². The highest BCUT2D eigenvalue weighted by Gasteiger charge is 2.24. The summed E-state index contributed by atoms with van der Waals surface area (Å²) < 4.78 is 25.0. The second-order valence-corrected chi connectivity index (χ2v) is 10.2. The Bertz CT molecular complexity index is 724. The lowest BCUT2D eigenvalue weighted by molar-refractivity contribution is 0.0696. The fraction of sp³-hybridized carbons (Fsp3) is 0.667. The number of benzene rings is 1. The van der Waals surface area contributed by atoms with E-state index < -0.39 is 15.8 Å². The number of anilines is 1. The maximum atomic E-state index is 12.5. The van der Waals surface area contributed by atoms with Crippen LogP contribution in [0.25, 0.3) is 0 Å². The van der Waals surface area contributed by atoms with Gasteiger partial charge in [0.25, 0.3) is 0 Å². The van der Waals surface area contributed by atoms with Gasteiger partial charge in [-0.1, -0.05) is 46.5 Å². The molecule has 28 heavy (non-hydrogen) atoms. The Balaban J connectivity index is 3.51. The molecule has 0 amide bonds. The molecule has 0 aliphatic carbocycles. The van der Waals surface area contributed by atoms with Crippen LogP contribution in [-0.2, 0) is 9.84 Å². The van der Waals surface area contributed by atoms with Gasteiger partial charge in [-0.2, -0.15) is 0 Å². The number of carboxylic acids is 1. The third-order valence-electron chi connectivity index (χ3n) is 4.58. The van der Waals surface area contributed by atoms with Crippen molar-refractivity contribution in [3.63, 3.8) is 0 Å². The molecule has 1 aromatic rings. The third-order valence-corrected chi connectivity index (χ3v) is 7.04. The zero-order chi connectivity index (χ0) is 21.2. The van der Waals surface area contributed by atoms with E-state index in [9.17, 15) is 18.3 Å². The van der Waals surface area contributed by atoms with Crippen LogP contribution in [0.3, 0.4) is 0 Å². The minimum absolute atomic E-state index is 0.0336. The summed E-state index contributed by atoms with van der Waals surface area (Å²) in [5, 5.41) is 9.55. The van der Waals surface area contributed by atoms with Gasteiger partial charge in [0, 0.05) is 24.2 Å². The lowest BCUT2D eigenvalue weighted by Crippen LogP contribution is -2.27. The van der Waals surface area contributed by atoms with Crippen LogP contribution in [0, 0.1) is 0 Å². The maximum absolute atomic E-state index is 12.5. The molecule has 0 fully saturated rings. The average molecular weight is 430 g/mol. The molecule has 0 unspecified atom stereocenters. The van der Waals surface area contributed by atoms with Gasteiger partial charge in [-0.25, -0.2) is 13.2 Å². The molecule has 0 heterocycles. The normalized spacial score (nSPS) is 11.6. The van der Waals surface area contributed by atoms with Crippen LogP contribution < -0.4 is 4.90 Å². The van der Waals surface area contributed by atoms with Gasteiger partial charge in [-0.15, -0.1) is 11.8 Å². The molecule has 0 aromatic heterocycles. The Morgan fingerprint density at radius 3 is 2.04 bits per heavy atom. The zero-order valence-corrected chi connectivity index (χ0v) is 19.3. The highest BCUT2D eigenvalue weighted by molar-refractivity contribution is 8.00. The van der Waals surface area contributed by atoms with E-state index in [4.69, 9.17) is 0 Å². The summed E-state index contributed by atoms with van der Waals surface area (Å²) in [6.45, 7) is 7.97. The molecule has 1 aromatic carbocycles. The molecule has 0 saturated heterocycles.